The van der Waals surface area contributed by atoms with Crippen LogP contribution in [0, 0.1) is 6.92 Å². The zero-order valence-corrected chi connectivity index (χ0v) is 21.0. The molecule has 0 spiro atoms. The minimum Gasteiger partial charge on any atom is -0.462 e. The van der Waals surface area contributed by atoms with E-state index in [1.165, 1.54) is 11.3 Å². The molecule has 1 heterocycles. The number of carbonyl (C=O) groups is 2. The molecule has 0 bridgehead atoms. The van der Waals surface area contributed by atoms with Crippen LogP contribution in [0.1, 0.15) is 33.3 Å². The number of benzene rings is 3. The number of aryl methyl sites for hydroxylation is 1. The maximum atomic E-state index is 13.6. The van der Waals surface area contributed by atoms with Crippen molar-refractivity contribution in [1.29, 1.82) is 0 Å². The first-order valence-corrected chi connectivity index (χ1v) is 12.4. The number of amides is 1. The fourth-order valence-electron chi connectivity index (χ4n) is 3.78. The van der Waals surface area contributed by atoms with Crippen LogP contribution in [-0.4, -0.2) is 18.5 Å². The number of thiophene rings is 1. The molecule has 0 unspecified atom stereocenters. The van der Waals surface area contributed by atoms with Crippen LogP contribution in [0.2, 0.25) is 5.02 Å². The molecule has 1 N–H and O–H groups in total. The van der Waals surface area contributed by atoms with Gasteiger partial charge in [0.05, 0.1) is 6.61 Å². The van der Waals surface area contributed by atoms with Gasteiger partial charge in [-0.05, 0) is 48.7 Å². The van der Waals surface area contributed by atoms with Crippen LogP contribution < -0.4 is 5.32 Å². The van der Waals surface area contributed by atoms with Gasteiger partial charge < -0.3 is 10.1 Å². The van der Waals surface area contributed by atoms with Gasteiger partial charge >= 0.3 is 5.97 Å². The van der Waals surface area contributed by atoms with Crippen LogP contribution in [0.3, 0.4) is 0 Å². The summed E-state index contributed by atoms with van der Waals surface area (Å²) in [5.74, 6) is -0.792. The van der Waals surface area contributed by atoms with E-state index in [1.807, 2.05) is 85.8 Å². The number of anilines is 1. The minimum absolute atomic E-state index is 0.227. The normalized spacial score (nSPS) is 11.2. The monoisotopic (exact) mass is 501 g/mol. The van der Waals surface area contributed by atoms with E-state index in [-0.39, 0.29) is 12.5 Å². The molecular formula is C29H24ClNO3S. The summed E-state index contributed by atoms with van der Waals surface area (Å²) in [4.78, 5) is 27.5. The molecule has 4 rings (SSSR count). The molecule has 6 heteroatoms. The Balaban J connectivity index is 1.78. The van der Waals surface area contributed by atoms with Crippen LogP contribution in [0.4, 0.5) is 5.00 Å². The van der Waals surface area contributed by atoms with Crippen LogP contribution in [0.25, 0.3) is 22.8 Å². The van der Waals surface area contributed by atoms with Gasteiger partial charge in [-0.2, -0.15) is 0 Å². The summed E-state index contributed by atoms with van der Waals surface area (Å²) < 4.78 is 5.37. The van der Waals surface area contributed by atoms with E-state index in [2.05, 4.69) is 5.32 Å². The van der Waals surface area contributed by atoms with E-state index in [0.717, 1.165) is 27.1 Å². The second-order valence-corrected chi connectivity index (χ2v) is 9.41. The van der Waals surface area contributed by atoms with Crippen molar-refractivity contribution in [3.8, 4) is 11.1 Å². The third kappa shape index (κ3) is 5.70. The molecule has 0 saturated heterocycles. The second-order valence-electron chi connectivity index (χ2n) is 7.75. The molecular weight excluding hydrogens is 478 g/mol. The van der Waals surface area contributed by atoms with Crippen molar-refractivity contribution in [2.45, 2.75) is 13.8 Å². The quantitative estimate of drug-likeness (QED) is 0.160. The number of halogens is 1. The first kappa shape index (κ1) is 24.5. The summed E-state index contributed by atoms with van der Waals surface area (Å²) in [7, 11) is 0. The number of carbonyl (C=O) groups excluding carboxylic acids is 2. The van der Waals surface area contributed by atoms with Crippen LogP contribution in [-0.2, 0) is 9.53 Å². The first-order chi connectivity index (χ1) is 17.0. The molecule has 0 saturated carbocycles. The highest BCUT2D eigenvalue weighted by Gasteiger charge is 2.26. The molecule has 0 aliphatic heterocycles. The molecule has 0 fully saturated rings. The summed E-state index contributed by atoms with van der Waals surface area (Å²) in [6.45, 7) is 3.91. The van der Waals surface area contributed by atoms with Crippen molar-refractivity contribution >= 4 is 51.5 Å². The largest absolute Gasteiger partial charge is 0.462 e. The highest BCUT2D eigenvalue weighted by molar-refractivity contribution is 7.17. The fourth-order valence-corrected chi connectivity index (χ4v) is 4.96. The Morgan fingerprint density at radius 2 is 1.57 bits per heavy atom. The van der Waals surface area contributed by atoms with Gasteiger partial charge in [0.25, 0.3) is 5.91 Å². The van der Waals surface area contributed by atoms with Gasteiger partial charge in [0.2, 0.25) is 0 Å². The maximum absolute atomic E-state index is 13.6. The minimum atomic E-state index is -0.481. The molecule has 3 aromatic carbocycles. The lowest BCUT2D eigenvalue weighted by Gasteiger charge is -2.11. The topological polar surface area (TPSA) is 55.4 Å². The number of nitrogens with one attached hydrogen (secondary N) is 1. The molecule has 0 aliphatic rings. The zero-order chi connectivity index (χ0) is 24.8. The Kier molecular flexibility index (Phi) is 7.80. The Labute approximate surface area is 213 Å². The Bertz CT molecular complexity index is 1360. The van der Waals surface area contributed by atoms with E-state index in [0.29, 0.717) is 21.2 Å². The standard InChI is InChI=1S/C29H24ClNO3S/c1-3-34-29(33)26-25(22-14-16-23(30)17-15-22)19(2)35-28(26)31-27(32)24(21-12-8-5-9-13-21)18-20-10-6-4-7-11-20/h4-18H,3H2,1-2H3,(H,31,32). The first-order valence-electron chi connectivity index (χ1n) is 11.2. The average molecular weight is 502 g/mol. The smallest absolute Gasteiger partial charge is 0.341 e. The van der Waals surface area contributed by atoms with Crippen molar-refractivity contribution in [2.75, 3.05) is 11.9 Å². The SMILES string of the molecule is CCOC(=O)c1c(NC(=O)C(=Cc2ccccc2)c2ccccc2)sc(C)c1-c1ccc(Cl)cc1. The molecule has 35 heavy (non-hydrogen) atoms. The van der Waals surface area contributed by atoms with Gasteiger partial charge in [-0.1, -0.05) is 84.4 Å². The molecule has 4 aromatic rings. The highest BCUT2D eigenvalue weighted by Crippen LogP contribution is 2.41. The molecule has 176 valence electrons. The van der Waals surface area contributed by atoms with Crippen LogP contribution >= 0.6 is 22.9 Å². The Morgan fingerprint density at radius 1 is 0.943 bits per heavy atom. The summed E-state index contributed by atoms with van der Waals surface area (Å²) in [6.07, 6.45) is 1.84. The summed E-state index contributed by atoms with van der Waals surface area (Å²) in [5, 5.41) is 4.05. The van der Waals surface area contributed by atoms with E-state index >= 15 is 0 Å². The summed E-state index contributed by atoms with van der Waals surface area (Å²) in [5.41, 5.74) is 4.07. The van der Waals surface area contributed by atoms with Gasteiger partial charge in [0.1, 0.15) is 10.6 Å². The van der Waals surface area contributed by atoms with Crippen molar-refractivity contribution in [2.24, 2.45) is 0 Å². The fraction of sp³-hybridized carbons (Fsp3) is 0.103. The third-order valence-electron chi connectivity index (χ3n) is 5.36. The second kappa shape index (κ2) is 11.2. The number of rotatable bonds is 7. The molecule has 1 aromatic heterocycles. The summed E-state index contributed by atoms with van der Waals surface area (Å²) in [6, 6.07) is 26.4. The van der Waals surface area contributed by atoms with E-state index in [9.17, 15) is 9.59 Å². The van der Waals surface area contributed by atoms with Crippen molar-refractivity contribution < 1.29 is 14.3 Å². The zero-order valence-electron chi connectivity index (χ0n) is 19.4. The van der Waals surface area contributed by atoms with Gasteiger partial charge in [0, 0.05) is 21.0 Å². The number of hydrogen-bond donors (Lipinski definition) is 1. The van der Waals surface area contributed by atoms with Gasteiger partial charge in [-0.3, -0.25) is 4.79 Å². The van der Waals surface area contributed by atoms with Crippen molar-refractivity contribution in [3.05, 3.63) is 112 Å². The lowest BCUT2D eigenvalue weighted by Crippen LogP contribution is -2.16. The molecule has 0 aliphatic carbocycles. The highest BCUT2D eigenvalue weighted by atomic mass is 35.5. The van der Waals surface area contributed by atoms with Gasteiger partial charge in [-0.25, -0.2) is 4.79 Å². The lowest BCUT2D eigenvalue weighted by molar-refractivity contribution is -0.111. The number of hydrogen-bond acceptors (Lipinski definition) is 4. The average Bonchev–Trinajstić information content (AvgIpc) is 3.19. The molecule has 0 radical (unpaired) electrons. The van der Waals surface area contributed by atoms with Crippen LogP contribution in [0.5, 0.6) is 0 Å². The van der Waals surface area contributed by atoms with Gasteiger partial charge in [0.15, 0.2) is 0 Å². The van der Waals surface area contributed by atoms with Crippen molar-refractivity contribution in [3.63, 3.8) is 0 Å². The molecule has 1 amide bonds. The number of ether oxygens (including phenoxy) is 1. The predicted molar refractivity (Wildman–Crippen MR) is 145 cm³/mol. The summed E-state index contributed by atoms with van der Waals surface area (Å²) >= 11 is 7.42. The third-order valence-corrected chi connectivity index (χ3v) is 6.64. The molecule has 0 atom stereocenters. The molecule has 4 nitrogen and oxygen atoms in total. The van der Waals surface area contributed by atoms with E-state index in [1.54, 1.807) is 19.1 Å². The lowest BCUT2D eigenvalue weighted by atomic mass is 10.0. The number of esters is 1. The Hall–Kier alpha value is -3.67. The maximum Gasteiger partial charge on any atom is 0.341 e. The predicted octanol–water partition coefficient (Wildman–Crippen LogP) is 7.73. The van der Waals surface area contributed by atoms with Crippen LogP contribution in [0.15, 0.2) is 84.9 Å². The van der Waals surface area contributed by atoms with Gasteiger partial charge in [-0.15, -0.1) is 11.3 Å². The Morgan fingerprint density at radius 3 is 2.20 bits per heavy atom. The van der Waals surface area contributed by atoms with Crippen molar-refractivity contribution in [1.82, 2.24) is 0 Å². The van der Waals surface area contributed by atoms with E-state index in [4.69, 9.17) is 16.3 Å². The van der Waals surface area contributed by atoms with E-state index < -0.39 is 5.97 Å².